The molecule has 0 saturated carbocycles. The lowest BCUT2D eigenvalue weighted by molar-refractivity contribution is 0.0950. The molecule has 6 heteroatoms. The number of benzene rings is 2. The van der Waals surface area contributed by atoms with Crippen LogP contribution in [0.4, 0.5) is 10.2 Å². The summed E-state index contributed by atoms with van der Waals surface area (Å²) >= 11 is 0. The summed E-state index contributed by atoms with van der Waals surface area (Å²) in [6, 6.07) is 19.1. The molecule has 3 aromatic rings. The Morgan fingerprint density at radius 2 is 1.87 bits per heavy atom. The number of hydrogen-bond acceptors (Lipinski definition) is 4. The number of pyridine rings is 1. The lowest BCUT2D eigenvalue weighted by Crippen LogP contribution is -2.51. The quantitative estimate of drug-likeness (QED) is 0.693. The summed E-state index contributed by atoms with van der Waals surface area (Å²) < 4.78 is 13.0. The Bertz CT molecular complexity index is 1070. The van der Waals surface area contributed by atoms with Crippen LogP contribution in [-0.2, 0) is 19.5 Å². The fraction of sp³-hybridized carbons (Fsp3) is 0.280. The fourth-order valence-corrected chi connectivity index (χ4v) is 4.54. The molecule has 0 aliphatic carbocycles. The molecule has 0 bridgehead atoms. The predicted molar refractivity (Wildman–Crippen MR) is 118 cm³/mol. The maximum Gasteiger partial charge on any atom is 0.253 e. The summed E-state index contributed by atoms with van der Waals surface area (Å²) in [4.78, 5) is 22.1. The Morgan fingerprint density at radius 1 is 1.06 bits per heavy atom. The molecule has 2 aliphatic rings. The molecule has 0 spiro atoms. The third kappa shape index (κ3) is 4.30. The van der Waals surface area contributed by atoms with Crippen LogP contribution in [0.1, 0.15) is 27.0 Å². The molecule has 1 saturated heterocycles. The van der Waals surface area contributed by atoms with Crippen LogP contribution < -0.4 is 10.2 Å². The summed E-state index contributed by atoms with van der Waals surface area (Å²) in [6.07, 6.45) is 2.57. The van der Waals surface area contributed by atoms with E-state index in [1.165, 1.54) is 17.7 Å². The molecule has 2 aliphatic heterocycles. The Balaban J connectivity index is 1.22. The van der Waals surface area contributed by atoms with Crippen LogP contribution >= 0.6 is 0 Å². The highest BCUT2D eigenvalue weighted by Gasteiger charge is 2.35. The molecule has 1 atom stereocenters. The second-order valence-electron chi connectivity index (χ2n) is 8.29. The highest BCUT2D eigenvalue weighted by Crippen LogP contribution is 2.33. The van der Waals surface area contributed by atoms with Crippen LogP contribution in [0.25, 0.3) is 0 Å². The number of piperazine rings is 1. The minimum atomic E-state index is -0.281. The number of rotatable bonds is 5. The smallest absolute Gasteiger partial charge is 0.253 e. The number of halogens is 1. The minimum Gasteiger partial charge on any atom is -0.350 e. The fourth-order valence-electron chi connectivity index (χ4n) is 4.54. The van der Waals surface area contributed by atoms with E-state index >= 15 is 0 Å². The van der Waals surface area contributed by atoms with E-state index in [2.05, 4.69) is 44.4 Å². The average molecular weight is 417 g/mol. The number of carbonyl (C=O) groups is 1. The van der Waals surface area contributed by atoms with Gasteiger partial charge in [0.1, 0.15) is 11.6 Å². The number of anilines is 1. The van der Waals surface area contributed by atoms with E-state index < -0.39 is 0 Å². The number of amides is 1. The first-order chi connectivity index (χ1) is 15.2. The molecule has 1 fully saturated rings. The molecule has 1 amide bonds. The van der Waals surface area contributed by atoms with Crippen molar-refractivity contribution in [2.75, 3.05) is 24.5 Å². The number of nitrogens with one attached hydrogen (secondary N) is 1. The number of carbonyl (C=O) groups excluding carboxylic acids is 1. The molecule has 158 valence electrons. The average Bonchev–Trinajstić information content (AvgIpc) is 3.16. The Labute approximate surface area is 181 Å². The maximum absolute atomic E-state index is 13.0. The van der Waals surface area contributed by atoms with Gasteiger partial charge in [-0.2, -0.15) is 0 Å². The van der Waals surface area contributed by atoms with Crippen molar-refractivity contribution < 1.29 is 9.18 Å². The van der Waals surface area contributed by atoms with Gasteiger partial charge < -0.3 is 10.2 Å². The van der Waals surface area contributed by atoms with Crippen LogP contribution in [-0.4, -0.2) is 41.5 Å². The highest BCUT2D eigenvalue weighted by atomic mass is 19.1. The van der Waals surface area contributed by atoms with Crippen molar-refractivity contribution in [1.82, 2.24) is 15.2 Å². The molecule has 1 aromatic heterocycles. The van der Waals surface area contributed by atoms with Crippen LogP contribution in [0, 0.1) is 5.82 Å². The van der Waals surface area contributed by atoms with Gasteiger partial charge in [0, 0.05) is 45.0 Å². The molecule has 3 heterocycles. The van der Waals surface area contributed by atoms with E-state index in [0.717, 1.165) is 49.5 Å². The van der Waals surface area contributed by atoms with Crippen molar-refractivity contribution in [2.24, 2.45) is 0 Å². The van der Waals surface area contributed by atoms with Crippen LogP contribution in [0.15, 0.2) is 66.9 Å². The summed E-state index contributed by atoms with van der Waals surface area (Å²) in [6.45, 7) is 4.28. The Hall–Kier alpha value is -3.25. The standard InChI is InChI=1S/C25H25FN4O/c26-22-8-6-18(7-9-22)14-28-25(31)21-12-20-13-23-17-29(16-19-4-2-1-3-5-19)10-11-30(23)24(20)27-15-21/h1-9,12,15,23H,10-11,13-14,16-17H2,(H,28,31). The summed E-state index contributed by atoms with van der Waals surface area (Å²) in [5.41, 5.74) is 3.91. The minimum absolute atomic E-state index is 0.157. The maximum atomic E-state index is 13.0. The van der Waals surface area contributed by atoms with Gasteiger partial charge in [0.25, 0.3) is 5.91 Å². The first kappa shape index (κ1) is 19.7. The van der Waals surface area contributed by atoms with Crippen molar-refractivity contribution in [1.29, 1.82) is 0 Å². The third-order valence-electron chi connectivity index (χ3n) is 6.11. The van der Waals surface area contributed by atoms with Crippen molar-refractivity contribution in [3.05, 3.63) is 94.9 Å². The Kier molecular flexibility index (Phi) is 5.38. The summed E-state index contributed by atoms with van der Waals surface area (Å²) in [5.74, 6) is 0.575. The zero-order valence-electron chi connectivity index (χ0n) is 17.3. The van der Waals surface area contributed by atoms with E-state index in [9.17, 15) is 9.18 Å². The first-order valence-electron chi connectivity index (χ1n) is 10.7. The van der Waals surface area contributed by atoms with Gasteiger partial charge in [-0.25, -0.2) is 9.37 Å². The van der Waals surface area contributed by atoms with Crippen LogP contribution in [0.2, 0.25) is 0 Å². The third-order valence-corrected chi connectivity index (χ3v) is 6.11. The number of fused-ring (bicyclic) bond motifs is 3. The molecular formula is C25H25FN4O. The van der Waals surface area contributed by atoms with E-state index in [1.807, 2.05) is 12.1 Å². The second kappa shape index (κ2) is 8.47. The van der Waals surface area contributed by atoms with Gasteiger partial charge in [-0.3, -0.25) is 9.69 Å². The van der Waals surface area contributed by atoms with Crippen LogP contribution in [0.5, 0.6) is 0 Å². The summed E-state index contributed by atoms with van der Waals surface area (Å²) in [7, 11) is 0. The molecule has 31 heavy (non-hydrogen) atoms. The molecule has 1 N–H and O–H groups in total. The van der Waals surface area contributed by atoms with E-state index in [0.29, 0.717) is 18.2 Å². The van der Waals surface area contributed by atoms with Crippen molar-refractivity contribution in [3.8, 4) is 0 Å². The van der Waals surface area contributed by atoms with Gasteiger partial charge in [-0.15, -0.1) is 0 Å². The first-order valence-corrected chi connectivity index (χ1v) is 10.7. The molecule has 5 rings (SSSR count). The largest absolute Gasteiger partial charge is 0.350 e. The second-order valence-corrected chi connectivity index (χ2v) is 8.29. The molecule has 0 radical (unpaired) electrons. The predicted octanol–water partition coefficient (Wildman–Crippen LogP) is 3.40. The van der Waals surface area contributed by atoms with E-state index in [4.69, 9.17) is 0 Å². The van der Waals surface area contributed by atoms with Gasteiger partial charge in [-0.05, 0) is 41.3 Å². The number of aromatic nitrogens is 1. The van der Waals surface area contributed by atoms with Crippen molar-refractivity contribution in [2.45, 2.75) is 25.6 Å². The van der Waals surface area contributed by atoms with Gasteiger partial charge >= 0.3 is 0 Å². The lowest BCUT2D eigenvalue weighted by atomic mass is 10.1. The zero-order chi connectivity index (χ0) is 21.2. The number of nitrogens with zero attached hydrogens (tertiary/aromatic N) is 3. The zero-order valence-corrected chi connectivity index (χ0v) is 17.3. The van der Waals surface area contributed by atoms with Crippen molar-refractivity contribution in [3.63, 3.8) is 0 Å². The van der Waals surface area contributed by atoms with E-state index in [-0.39, 0.29) is 11.7 Å². The topological polar surface area (TPSA) is 48.5 Å². The monoisotopic (exact) mass is 416 g/mol. The summed E-state index contributed by atoms with van der Waals surface area (Å²) in [5, 5.41) is 2.90. The normalized spacial score (nSPS) is 17.8. The van der Waals surface area contributed by atoms with Gasteiger partial charge in [0.2, 0.25) is 0 Å². The van der Waals surface area contributed by atoms with Crippen LogP contribution in [0.3, 0.4) is 0 Å². The van der Waals surface area contributed by atoms with E-state index in [1.54, 1.807) is 18.3 Å². The highest BCUT2D eigenvalue weighted by molar-refractivity contribution is 5.94. The van der Waals surface area contributed by atoms with Crippen molar-refractivity contribution >= 4 is 11.7 Å². The Morgan fingerprint density at radius 3 is 2.68 bits per heavy atom. The van der Waals surface area contributed by atoms with Gasteiger partial charge in [-0.1, -0.05) is 42.5 Å². The molecular weight excluding hydrogens is 391 g/mol. The molecule has 2 aromatic carbocycles. The van der Waals surface area contributed by atoms with Gasteiger partial charge in [0.05, 0.1) is 5.56 Å². The van der Waals surface area contributed by atoms with Gasteiger partial charge in [0.15, 0.2) is 0 Å². The number of hydrogen-bond donors (Lipinski definition) is 1. The molecule has 5 nitrogen and oxygen atoms in total. The molecule has 1 unspecified atom stereocenters. The lowest BCUT2D eigenvalue weighted by Gasteiger charge is -2.38. The SMILES string of the molecule is O=C(NCc1ccc(F)cc1)c1cnc2c(c1)CC1CN(Cc3ccccc3)CCN21.